The van der Waals surface area contributed by atoms with Gasteiger partial charge in [-0.15, -0.1) is 0 Å². The average molecular weight is 280 g/mol. The topological polar surface area (TPSA) is 70.2 Å². The van der Waals surface area contributed by atoms with Crippen LogP contribution in [0.3, 0.4) is 0 Å². The molecule has 1 saturated heterocycles. The number of carbonyl (C=O) groups is 1. The quantitative estimate of drug-likeness (QED) is 0.830. The van der Waals surface area contributed by atoms with Crippen LogP contribution < -0.4 is 5.32 Å². The van der Waals surface area contributed by atoms with Crippen LogP contribution in [0, 0.1) is 0 Å². The highest BCUT2D eigenvalue weighted by Gasteiger charge is 2.23. The summed E-state index contributed by atoms with van der Waals surface area (Å²) in [6, 6.07) is 0.00862. The third-order valence-corrected chi connectivity index (χ3v) is 3.45. The minimum Gasteiger partial charge on any atom is -0.376 e. The van der Waals surface area contributed by atoms with Gasteiger partial charge in [0.05, 0.1) is 12.4 Å². The number of aromatic amines is 1. The standard InChI is InChI=1S/C14H24N4O2/c1-2-8-20-13-4-3-7-18(10-13)14(19)16-6-5-12-9-15-11-17-12/h9,11,13H,2-8,10H2,1H3,(H,15,17)(H,16,19). The van der Waals surface area contributed by atoms with Crippen LogP contribution in [0.15, 0.2) is 12.5 Å². The zero-order chi connectivity index (χ0) is 14.2. The molecule has 0 spiro atoms. The number of amides is 2. The summed E-state index contributed by atoms with van der Waals surface area (Å²) in [4.78, 5) is 20.9. The second-order valence-electron chi connectivity index (χ2n) is 5.14. The van der Waals surface area contributed by atoms with Crippen LogP contribution in [0.1, 0.15) is 31.9 Å². The van der Waals surface area contributed by atoms with Gasteiger partial charge in [0.2, 0.25) is 0 Å². The second-order valence-corrected chi connectivity index (χ2v) is 5.14. The molecule has 2 amide bonds. The van der Waals surface area contributed by atoms with Gasteiger partial charge in [-0.05, 0) is 19.3 Å². The van der Waals surface area contributed by atoms with Crippen molar-refractivity contribution < 1.29 is 9.53 Å². The van der Waals surface area contributed by atoms with Gasteiger partial charge in [0.15, 0.2) is 0 Å². The molecule has 2 N–H and O–H groups in total. The number of likely N-dealkylation sites (tertiary alicyclic amines) is 1. The van der Waals surface area contributed by atoms with E-state index in [9.17, 15) is 4.79 Å². The lowest BCUT2D eigenvalue weighted by Crippen LogP contribution is -2.48. The number of carbonyl (C=O) groups excluding carboxylic acids is 1. The zero-order valence-corrected chi connectivity index (χ0v) is 12.1. The van der Waals surface area contributed by atoms with Gasteiger partial charge in [-0.3, -0.25) is 0 Å². The maximum absolute atomic E-state index is 12.1. The number of nitrogens with one attached hydrogen (secondary N) is 2. The summed E-state index contributed by atoms with van der Waals surface area (Å²) in [6.07, 6.45) is 7.49. The maximum Gasteiger partial charge on any atom is 0.317 e. The SMILES string of the molecule is CCCOC1CCCN(C(=O)NCCc2cnc[nH]2)C1. The minimum absolute atomic E-state index is 0.00862. The molecule has 0 bridgehead atoms. The van der Waals surface area contributed by atoms with E-state index in [1.54, 1.807) is 12.5 Å². The normalized spacial score (nSPS) is 19.1. The van der Waals surface area contributed by atoms with Gasteiger partial charge in [0.25, 0.3) is 0 Å². The van der Waals surface area contributed by atoms with E-state index < -0.39 is 0 Å². The Balaban J connectivity index is 1.68. The van der Waals surface area contributed by atoms with Crippen LogP contribution in [0.4, 0.5) is 4.79 Å². The van der Waals surface area contributed by atoms with Crippen molar-refractivity contribution in [2.75, 3.05) is 26.2 Å². The summed E-state index contributed by atoms with van der Waals surface area (Å²) in [5, 5.41) is 2.95. The number of urea groups is 1. The molecule has 1 fully saturated rings. The fourth-order valence-corrected chi connectivity index (χ4v) is 2.38. The Morgan fingerprint density at radius 3 is 3.30 bits per heavy atom. The van der Waals surface area contributed by atoms with E-state index in [1.165, 1.54) is 0 Å². The lowest BCUT2D eigenvalue weighted by atomic mass is 10.1. The summed E-state index contributed by atoms with van der Waals surface area (Å²) in [7, 11) is 0. The van der Waals surface area contributed by atoms with Crippen LogP contribution in [0.2, 0.25) is 0 Å². The lowest BCUT2D eigenvalue weighted by Gasteiger charge is -2.32. The highest BCUT2D eigenvalue weighted by Crippen LogP contribution is 2.13. The first kappa shape index (κ1) is 14.8. The van der Waals surface area contributed by atoms with Gasteiger partial charge in [-0.25, -0.2) is 9.78 Å². The Hall–Kier alpha value is -1.56. The summed E-state index contributed by atoms with van der Waals surface area (Å²) in [5.74, 6) is 0. The molecule has 1 unspecified atom stereocenters. The number of imidazole rings is 1. The van der Waals surface area contributed by atoms with Crippen molar-refractivity contribution in [1.82, 2.24) is 20.2 Å². The number of ether oxygens (including phenoxy) is 1. The minimum atomic E-state index is 0.00862. The van der Waals surface area contributed by atoms with Crippen molar-refractivity contribution in [2.45, 2.75) is 38.7 Å². The molecule has 0 aromatic carbocycles. The summed E-state index contributed by atoms with van der Waals surface area (Å²) >= 11 is 0. The summed E-state index contributed by atoms with van der Waals surface area (Å²) in [5.41, 5.74) is 1.04. The van der Waals surface area contributed by atoms with Gasteiger partial charge in [0.1, 0.15) is 0 Å². The predicted molar refractivity (Wildman–Crippen MR) is 76.5 cm³/mol. The van der Waals surface area contributed by atoms with Crippen LogP contribution in [0.25, 0.3) is 0 Å². The van der Waals surface area contributed by atoms with Crippen molar-refractivity contribution in [3.63, 3.8) is 0 Å². The third-order valence-electron chi connectivity index (χ3n) is 3.45. The van der Waals surface area contributed by atoms with Crippen LogP contribution in [0.5, 0.6) is 0 Å². The number of H-pyrrole nitrogens is 1. The summed E-state index contributed by atoms with van der Waals surface area (Å²) in [6.45, 7) is 5.03. The van der Waals surface area contributed by atoms with Gasteiger partial charge < -0.3 is 19.9 Å². The van der Waals surface area contributed by atoms with E-state index in [4.69, 9.17) is 4.74 Å². The number of piperidine rings is 1. The molecule has 6 nitrogen and oxygen atoms in total. The first-order chi connectivity index (χ1) is 9.79. The molecule has 0 radical (unpaired) electrons. The number of hydrogen-bond acceptors (Lipinski definition) is 3. The van der Waals surface area contributed by atoms with Crippen molar-refractivity contribution >= 4 is 6.03 Å². The van der Waals surface area contributed by atoms with E-state index in [0.29, 0.717) is 13.1 Å². The van der Waals surface area contributed by atoms with Gasteiger partial charge in [0, 0.05) is 44.6 Å². The molecular weight excluding hydrogens is 256 g/mol. The fourth-order valence-electron chi connectivity index (χ4n) is 2.38. The maximum atomic E-state index is 12.1. The van der Waals surface area contributed by atoms with E-state index in [1.807, 2.05) is 4.90 Å². The first-order valence-electron chi connectivity index (χ1n) is 7.41. The number of nitrogens with zero attached hydrogens (tertiary/aromatic N) is 2. The first-order valence-corrected chi connectivity index (χ1v) is 7.41. The number of rotatable bonds is 6. The third kappa shape index (κ3) is 4.52. The van der Waals surface area contributed by atoms with Crippen molar-refractivity contribution in [2.24, 2.45) is 0 Å². The predicted octanol–water partition coefficient (Wildman–Crippen LogP) is 1.55. The van der Waals surface area contributed by atoms with Gasteiger partial charge in [-0.2, -0.15) is 0 Å². The molecule has 1 aliphatic rings. The van der Waals surface area contributed by atoms with Crippen LogP contribution >= 0.6 is 0 Å². The molecule has 20 heavy (non-hydrogen) atoms. The number of hydrogen-bond donors (Lipinski definition) is 2. The van der Waals surface area contributed by atoms with Crippen LogP contribution in [-0.4, -0.2) is 53.2 Å². The second kappa shape index (κ2) is 7.89. The van der Waals surface area contributed by atoms with E-state index >= 15 is 0 Å². The Kier molecular flexibility index (Phi) is 5.86. The largest absolute Gasteiger partial charge is 0.376 e. The number of aromatic nitrogens is 2. The molecule has 2 rings (SSSR count). The highest BCUT2D eigenvalue weighted by atomic mass is 16.5. The Morgan fingerprint density at radius 1 is 1.65 bits per heavy atom. The molecule has 1 aliphatic heterocycles. The van der Waals surface area contributed by atoms with E-state index in [0.717, 1.165) is 44.5 Å². The van der Waals surface area contributed by atoms with Crippen molar-refractivity contribution in [3.05, 3.63) is 18.2 Å². The van der Waals surface area contributed by atoms with E-state index in [2.05, 4.69) is 22.2 Å². The Bertz CT molecular complexity index is 394. The monoisotopic (exact) mass is 280 g/mol. The molecule has 1 aromatic heterocycles. The molecule has 0 saturated carbocycles. The molecule has 112 valence electrons. The molecular formula is C14H24N4O2. The lowest BCUT2D eigenvalue weighted by molar-refractivity contribution is 0.0101. The van der Waals surface area contributed by atoms with Crippen molar-refractivity contribution in [3.8, 4) is 0 Å². The smallest absolute Gasteiger partial charge is 0.317 e. The molecule has 0 aliphatic carbocycles. The highest BCUT2D eigenvalue weighted by molar-refractivity contribution is 5.74. The van der Waals surface area contributed by atoms with Gasteiger partial charge in [-0.1, -0.05) is 6.92 Å². The van der Waals surface area contributed by atoms with E-state index in [-0.39, 0.29) is 12.1 Å². The molecule has 6 heteroatoms. The summed E-state index contributed by atoms with van der Waals surface area (Å²) < 4.78 is 5.74. The fraction of sp³-hybridized carbons (Fsp3) is 0.714. The average Bonchev–Trinajstić information content (AvgIpc) is 2.98. The Labute approximate surface area is 119 Å². The van der Waals surface area contributed by atoms with Crippen LogP contribution in [-0.2, 0) is 11.2 Å². The molecule has 1 aromatic rings. The van der Waals surface area contributed by atoms with Gasteiger partial charge >= 0.3 is 6.03 Å². The van der Waals surface area contributed by atoms with Crippen molar-refractivity contribution in [1.29, 1.82) is 0 Å². The Morgan fingerprint density at radius 2 is 2.55 bits per heavy atom. The molecule has 2 heterocycles. The molecule has 1 atom stereocenters. The zero-order valence-electron chi connectivity index (χ0n) is 12.1.